The zero-order valence-corrected chi connectivity index (χ0v) is 13.8. The minimum absolute atomic E-state index is 0. The van der Waals surface area contributed by atoms with E-state index in [-0.39, 0.29) is 44.1 Å². The van der Waals surface area contributed by atoms with E-state index in [9.17, 15) is 10.2 Å². The predicted molar refractivity (Wildman–Crippen MR) is 54.0 cm³/mol. The molecule has 15 heavy (non-hydrogen) atoms. The molecule has 0 bridgehead atoms. The molecule has 0 amide bonds. The van der Waals surface area contributed by atoms with Gasteiger partial charge in [-0.25, -0.2) is 0 Å². The van der Waals surface area contributed by atoms with Crippen molar-refractivity contribution in [1.82, 2.24) is 0 Å². The summed E-state index contributed by atoms with van der Waals surface area (Å²) < 4.78 is 0. The molecule has 0 saturated carbocycles. The number of rotatable bonds is 3. The van der Waals surface area contributed by atoms with Gasteiger partial charge in [-0.05, 0) is 30.5 Å². The summed E-state index contributed by atoms with van der Waals surface area (Å²) in [5, 5.41) is 27.7. The van der Waals surface area contributed by atoms with Crippen LogP contribution in [-0.2, 0) is 0 Å². The zero-order chi connectivity index (χ0) is 10.7. The minimum Gasteiger partial charge on any atom is -0.394 e. The van der Waals surface area contributed by atoms with Gasteiger partial charge in [-0.3, -0.25) is 0 Å². The van der Waals surface area contributed by atoms with Gasteiger partial charge in [0, 0.05) is 44.1 Å². The fraction of sp³-hybridized carbons (Fsp3) is 0.455. The van der Waals surface area contributed by atoms with Gasteiger partial charge < -0.3 is 15.3 Å². The maximum atomic E-state index is 9.68. The van der Waals surface area contributed by atoms with Crippen molar-refractivity contribution in [3.05, 3.63) is 34.9 Å². The van der Waals surface area contributed by atoms with Crippen LogP contribution in [0.3, 0.4) is 0 Å². The molecule has 2 atom stereocenters. The summed E-state index contributed by atoms with van der Waals surface area (Å²) in [6.07, 6.45) is -2.13. The van der Waals surface area contributed by atoms with Crippen LogP contribution >= 0.6 is 0 Å². The first kappa shape index (κ1) is 15.5. The van der Waals surface area contributed by atoms with Crippen molar-refractivity contribution < 1.29 is 59.4 Å². The van der Waals surface area contributed by atoms with Crippen molar-refractivity contribution in [2.24, 2.45) is 0 Å². The molecule has 0 aliphatic rings. The second-order valence-electron chi connectivity index (χ2n) is 3.48. The van der Waals surface area contributed by atoms with E-state index in [1.165, 1.54) is 0 Å². The van der Waals surface area contributed by atoms with E-state index in [1.54, 1.807) is 6.07 Å². The van der Waals surface area contributed by atoms with Crippen LogP contribution in [0.2, 0.25) is 0 Å². The number of benzene rings is 1. The molecule has 1 aromatic rings. The average molecular weight is 423 g/mol. The van der Waals surface area contributed by atoms with E-state index in [0.717, 1.165) is 11.1 Å². The van der Waals surface area contributed by atoms with Crippen molar-refractivity contribution in [2.75, 3.05) is 6.61 Å². The first-order chi connectivity index (χ1) is 6.57. The molecule has 1 aromatic carbocycles. The van der Waals surface area contributed by atoms with E-state index < -0.39 is 18.8 Å². The summed E-state index contributed by atoms with van der Waals surface area (Å²) >= 11 is 0. The molecule has 0 fully saturated rings. The molecule has 3 N–H and O–H groups in total. The Labute approximate surface area is 126 Å². The van der Waals surface area contributed by atoms with Gasteiger partial charge in [-0.1, -0.05) is 18.2 Å². The summed E-state index contributed by atoms with van der Waals surface area (Å²) in [6.45, 7) is 3.39. The summed E-state index contributed by atoms with van der Waals surface area (Å²) in [4.78, 5) is 0. The minimum atomic E-state index is -1.12. The Morgan fingerprint density at radius 3 is 2.33 bits per heavy atom. The van der Waals surface area contributed by atoms with E-state index in [0.29, 0.717) is 5.56 Å². The Bertz CT molecular complexity index is 315. The molecule has 0 aliphatic carbocycles. The molecule has 3 nitrogen and oxygen atoms in total. The molecule has 0 saturated heterocycles. The molecule has 2 unspecified atom stereocenters. The number of hydrogen-bond donors (Lipinski definition) is 3. The normalized spacial score (nSPS) is 14.2. The van der Waals surface area contributed by atoms with Crippen molar-refractivity contribution in [3.8, 4) is 0 Å². The molecule has 1 radical (unpaired) electrons. The van der Waals surface area contributed by atoms with Gasteiger partial charge in [0.2, 0.25) is 0 Å². The van der Waals surface area contributed by atoms with Gasteiger partial charge in [0.05, 0.1) is 6.61 Å². The van der Waals surface area contributed by atoms with Gasteiger partial charge in [0.1, 0.15) is 12.2 Å². The van der Waals surface area contributed by atoms with Crippen molar-refractivity contribution in [2.45, 2.75) is 26.1 Å². The third-order valence-corrected chi connectivity index (χ3v) is 2.52. The molecule has 4 heteroatoms. The van der Waals surface area contributed by atoms with Crippen LogP contribution in [0.15, 0.2) is 18.2 Å². The van der Waals surface area contributed by atoms with Crippen LogP contribution in [0.1, 0.15) is 22.8 Å². The van der Waals surface area contributed by atoms with Gasteiger partial charge in [-0.2, -0.15) is 0 Å². The Balaban J connectivity index is 0.00000196. The van der Waals surface area contributed by atoms with Gasteiger partial charge in [0.25, 0.3) is 0 Å². The Morgan fingerprint density at radius 1 is 1.20 bits per heavy atom. The second-order valence-corrected chi connectivity index (χ2v) is 3.48. The molecule has 0 heterocycles. The molecule has 81 valence electrons. The third kappa shape index (κ3) is 3.80. The molecule has 0 aliphatic heterocycles. The summed E-state index contributed by atoms with van der Waals surface area (Å²) in [5.74, 6) is 0. The molecular formula is C11H16AcO3. The van der Waals surface area contributed by atoms with Gasteiger partial charge in [0.15, 0.2) is 0 Å². The maximum Gasteiger partial charge on any atom is 0.107 e. The van der Waals surface area contributed by atoms with Gasteiger partial charge >= 0.3 is 0 Å². The van der Waals surface area contributed by atoms with E-state index >= 15 is 0 Å². The molecule has 1 rings (SSSR count). The SMILES string of the molecule is Cc1cccc(C(O)C(O)CO)c1C.[Ac]. The predicted octanol–water partition coefficient (Wildman–Crippen LogP) is 0.690. The quantitative estimate of drug-likeness (QED) is 0.671. The van der Waals surface area contributed by atoms with Crippen molar-refractivity contribution in [1.29, 1.82) is 0 Å². The number of aliphatic hydroxyl groups is 3. The summed E-state index contributed by atoms with van der Waals surface area (Å²) in [6, 6.07) is 5.52. The number of aliphatic hydroxyl groups excluding tert-OH is 3. The van der Waals surface area contributed by atoms with Crippen molar-refractivity contribution in [3.63, 3.8) is 0 Å². The molecule has 0 aromatic heterocycles. The second kappa shape index (κ2) is 6.98. The topological polar surface area (TPSA) is 60.7 Å². The summed E-state index contributed by atoms with van der Waals surface area (Å²) in [7, 11) is 0. The van der Waals surface area contributed by atoms with Crippen LogP contribution in [-0.4, -0.2) is 28.0 Å². The molecule has 0 spiro atoms. The third-order valence-electron chi connectivity index (χ3n) is 2.52. The Hall–Kier alpha value is 0.542. The Kier molecular flexibility index (Phi) is 7.23. The van der Waals surface area contributed by atoms with Crippen LogP contribution in [0.5, 0.6) is 0 Å². The monoisotopic (exact) mass is 423 g/mol. The van der Waals surface area contributed by atoms with Crippen molar-refractivity contribution >= 4 is 0 Å². The molecular weight excluding hydrogens is 407 g/mol. The van der Waals surface area contributed by atoms with Crippen LogP contribution < -0.4 is 0 Å². The Morgan fingerprint density at radius 2 is 1.80 bits per heavy atom. The van der Waals surface area contributed by atoms with Gasteiger partial charge in [-0.15, -0.1) is 0 Å². The van der Waals surface area contributed by atoms with E-state index in [1.807, 2.05) is 26.0 Å². The maximum absolute atomic E-state index is 9.68. The smallest absolute Gasteiger partial charge is 0.107 e. The first-order valence-electron chi connectivity index (χ1n) is 4.61. The fourth-order valence-corrected chi connectivity index (χ4v) is 1.40. The zero-order valence-electron chi connectivity index (χ0n) is 9.01. The van der Waals surface area contributed by atoms with Crippen LogP contribution in [0.25, 0.3) is 0 Å². The summed E-state index contributed by atoms with van der Waals surface area (Å²) in [5.41, 5.74) is 2.69. The van der Waals surface area contributed by atoms with Crippen LogP contribution in [0, 0.1) is 57.9 Å². The van der Waals surface area contributed by atoms with E-state index in [4.69, 9.17) is 5.11 Å². The fourth-order valence-electron chi connectivity index (χ4n) is 1.40. The number of hydrogen-bond acceptors (Lipinski definition) is 3. The largest absolute Gasteiger partial charge is 0.394 e. The van der Waals surface area contributed by atoms with Crippen LogP contribution in [0.4, 0.5) is 0 Å². The van der Waals surface area contributed by atoms with E-state index in [2.05, 4.69) is 0 Å². The average Bonchev–Trinajstić information content (AvgIpc) is 2.20. The first-order valence-corrected chi connectivity index (χ1v) is 4.61. The standard InChI is InChI=1S/C11H16O3.Ac/c1-7-4-3-5-9(8(7)2)11(14)10(13)6-12;/h3-5,10-14H,6H2,1-2H3;. The number of aryl methyl sites for hydroxylation is 1.